The molecule has 1 N–H and O–H groups in total. The van der Waals surface area contributed by atoms with E-state index in [0.29, 0.717) is 6.61 Å². The molecule has 2 aliphatic rings. The van der Waals surface area contributed by atoms with Gasteiger partial charge in [-0.3, -0.25) is 5.32 Å². The molecule has 0 radical (unpaired) electrons. The van der Waals surface area contributed by atoms with E-state index in [1.165, 1.54) is 0 Å². The van der Waals surface area contributed by atoms with Crippen molar-refractivity contribution in [1.29, 1.82) is 5.26 Å². The molecule has 1 aliphatic carbocycles. The van der Waals surface area contributed by atoms with Crippen LogP contribution in [0.1, 0.15) is 25.7 Å². The number of ether oxygens (including phenoxy) is 2. The number of hydrogen-bond donors (Lipinski definition) is 1. The van der Waals surface area contributed by atoms with Gasteiger partial charge in [-0.05, 0) is 19.9 Å². The van der Waals surface area contributed by atoms with Crippen molar-refractivity contribution in [3.63, 3.8) is 0 Å². The highest BCUT2D eigenvalue weighted by molar-refractivity contribution is 4.92. The summed E-state index contributed by atoms with van der Waals surface area (Å²) in [5, 5.41) is 11.8. The Morgan fingerprint density at radius 2 is 2.14 bits per heavy atom. The highest BCUT2D eigenvalue weighted by Crippen LogP contribution is 2.39. The highest BCUT2D eigenvalue weighted by Gasteiger charge is 2.43. The molecule has 0 aromatic carbocycles. The van der Waals surface area contributed by atoms with E-state index in [-0.39, 0.29) is 17.9 Å². The summed E-state index contributed by atoms with van der Waals surface area (Å²) in [5.41, 5.74) is 0. The van der Waals surface area contributed by atoms with Crippen molar-refractivity contribution in [2.45, 2.75) is 37.7 Å². The lowest BCUT2D eigenvalue weighted by Crippen LogP contribution is -2.37. The third-order valence-electron chi connectivity index (χ3n) is 3.11. The van der Waals surface area contributed by atoms with E-state index in [1.807, 2.05) is 7.05 Å². The van der Waals surface area contributed by atoms with Crippen LogP contribution in [0.15, 0.2) is 0 Å². The number of rotatable bonds is 1. The lowest BCUT2D eigenvalue weighted by molar-refractivity contribution is -0.192. The third kappa shape index (κ3) is 1.76. The molecule has 0 bridgehead atoms. The van der Waals surface area contributed by atoms with Crippen LogP contribution in [0.25, 0.3) is 0 Å². The van der Waals surface area contributed by atoms with E-state index in [0.717, 1.165) is 25.7 Å². The fraction of sp³-hybridized carbons (Fsp3) is 0.900. The van der Waals surface area contributed by atoms with Crippen LogP contribution < -0.4 is 5.32 Å². The molecule has 0 aromatic heterocycles. The Labute approximate surface area is 84.2 Å². The van der Waals surface area contributed by atoms with Crippen LogP contribution >= 0.6 is 0 Å². The molecule has 4 nitrogen and oxygen atoms in total. The van der Waals surface area contributed by atoms with Crippen LogP contribution in [-0.2, 0) is 9.47 Å². The second-order valence-electron chi connectivity index (χ2n) is 4.02. The molecule has 2 fully saturated rings. The molecule has 0 amide bonds. The Kier molecular flexibility index (Phi) is 2.73. The van der Waals surface area contributed by atoms with Gasteiger partial charge < -0.3 is 9.47 Å². The van der Waals surface area contributed by atoms with Crippen molar-refractivity contribution < 1.29 is 9.47 Å². The second kappa shape index (κ2) is 3.85. The predicted octanol–water partition coefficient (Wildman–Crippen LogP) is 0.989. The number of likely N-dealkylation sites (N-methyl/N-ethyl adjacent to an activating group) is 1. The Morgan fingerprint density at radius 1 is 1.43 bits per heavy atom. The molecular formula is C10H16N2O2. The van der Waals surface area contributed by atoms with Gasteiger partial charge in [-0.1, -0.05) is 0 Å². The molecule has 1 aliphatic heterocycles. The van der Waals surface area contributed by atoms with Crippen LogP contribution in [0, 0.1) is 17.2 Å². The third-order valence-corrected chi connectivity index (χ3v) is 3.11. The van der Waals surface area contributed by atoms with Gasteiger partial charge in [0.2, 0.25) is 0 Å². The van der Waals surface area contributed by atoms with Crippen LogP contribution in [0.4, 0.5) is 0 Å². The molecule has 2 rings (SSSR count). The molecule has 1 atom stereocenters. The zero-order valence-electron chi connectivity index (χ0n) is 8.45. The first-order chi connectivity index (χ1) is 6.78. The minimum absolute atomic E-state index is 0.0219. The smallest absolute Gasteiger partial charge is 0.170 e. The maximum Gasteiger partial charge on any atom is 0.170 e. The van der Waals surface area contributed by atoms with E-state index in [2.05, 4.69) is 11.4 Å². The van der Waals surface area contributed by atoms with Crippen molar-refractivity contribution >= 4 is 0 Å². The fourth-order valence-corrected chi connectivity index (χ4v) is 2.15. The van der Waals surface area contributed by atoms with Gasteiger partial charge >= 0.3 is 0 Å². The summed E-state index contributed by atoms with van der Waals surface area (Å²) in [6.45, 7) is 0.619. The number of hydrogen-bond acceptors (Lipinski definition) is 4. The topological polar surface area (TPSA) is 54.3 Å². The van der Waals surface area contributed by atoms with Crippen molar-refractivity contribution in [2.75, 3.05) is 13.7 Å². The number of nitrogens with one attached hydrogen (secondary N) is 1. The van der Waals surface area contributed by atoms with Gasteiger partial charge in [-0.25, -0.2) is 0 Å². The SMILES string of the molecule is CNC1COC2(CCC(C#N)CC2)O1. The maximum atomic E-state index is 8.78. The lowest BCUT2D eigenvalue weighted by Gasteiger charge is -2.33. The van der Waals surface area contributed by atoms with Crippen LogP contribution in [0.3, 0.4) is 0 Å². The monoisotopic (exact) mass is 196 g/mol. The molecule has 1 unspecified atom stereocenters. The summed E-state index contributed by atoms with van der Waals surface area (Å²) in [4.78, 5) is 0. The van der Waals surface area contributed by atoms with Gasteiger partial charge in [0.15, 0.2) is 5.79 Å². The number of nitriles is 1. The van der Waals surface area contributed by atoms with E-state index in [9.17, 15) is 0 Å². The van der Waals surface area contributed by atoms with Gasteiger partial charge in [0.05, 0.1) is 12.7 Å². The van der Waals surface area contributed by atoms with Gasteiger partial charge in [-0.15, -0.1) is 0 Å². The Bertz CT molecular complexity index is 241. The molecule has 14 heavy (non-hydrogen) atoms. The van der Waals surface area contributed by atoms with Crippen LogP contribution in [0.2, 0.25) is 0 Å². The standard InChI is InChI=1S/C10H16N2O2/c1-12-9-7-13-10(14-9)4-2-8(6-11)3-5-10/h8-9,12H,2-5,7H2,1H3. The minimum atomic E-state index is -0.388. The largest absolute Gasteiger partial charge is 0.346 e. The Morgan fingerprint density at radius 3 is 2.64 bits per heavy atom. The molecule has 1 saturated carbocycles. The van der Waals surface area contributed by atoms with Crippen LogP contribution in [-0.4, -0.2) is 25.7 Å². The van der Waals surface area contributed by atoms with E-state index >= 15 is 0 Å². The van der Waals surface area contributed by atoms with Gasteiger partial charge in [0.25, 0.3) is 0 Å². The first kappa shape index (κ1) is 9.91. The summed E-state index contributed by atoms with van der Waals surface area (Å²) in [5.74, 6) is -0.192. The summed E-state index contributed by atoms with van der Waals surface area (Å²) in [6, 6.07) is 2.31. The molecule has 1 spiro atoms. The molecule has 1 saturated heterocycles. The zero-order valence-corrected chi connectivity index (χ0v) is 8.45. The average molecular weight is 196 g/mol. The van der Waals surface area contributed by atoms with Crippen LogP contribution in [0.5, 0.6) is 0 Å². The maximum absolute atomic E-state index is 8.78. The summed E-state index contributed by atoms with van der Waals surface area (Å²) in [7, 11) is 1.87. The lowest BCUT2D eigenvalue weighted by atomic mass is 9.86. The van der Waals surface area contributed by atoms with Gasteiger partial charge in [-0.2, -0.15) is 5.26 Å². The molecule has 0 aromatic rings. The van der Waals surface area contributed by atoms with Gasteiger partial charge in [0.1, 0.15) is 6.23 Å². The quantitative estimate of drug-likeness (QED) is 0.679. The van der Waals surface area contributed by atoms with E-state index in [4.69, 9.17) is 14.7 Å². The fourth-order valence-electron chi connectivity index (χ4n) is 2.15. The molecule has 4 heteroatoms. The van der Waals surface area contributed by atoms with Gasteiger partial charge in [0, 0.05) is 18.8 Å². The Hall–Kier alpha value is -0.630. The second-order valence-corrected chi connectivity index (χ2v) is 4.02. The minimum Gasteiger partial charge on any atom is -0.346 e. The van der Waals surface area contributed by atoms with Crippen molar-refractivity contribution in [1.82, 2.24) is 5.32 Å². The normalized spacial score (nSPS) is 42.6. The van der Waals surface area contributed by atoms with E-state index in [1.54, 1.807) is 0 Å². The van der Waals surface area contributed by atoms with Crippen molar-refractivity contribution in [3.05, 3.63) is 0 Å². The van der Waals surface area contributed by atoms with Crippen molar-refractivity contribution in [3.8, 4) is 6.07 Å². The first-order valence-corrected chi connectivity index (χ1v) is 5.17. The highest BCUT2D eigenvalue weighted by atomic mass is 16.8. The first-order valence-electron chi connectivity index (χ1n) is 5.17. The molecule has 78 valence electrons. The Balaban J connectivity index is 1.91. The predicted molar refractivity (Wildman–Crippen MR) is 50.2 cm³/mol. The number of nitrogens with zero attached hydrogens (tertiary/aromatic N) is 1. The average Bonchev–Trinajstić information content (AvgIpc) is 2.63. The van der Waals surface area contributed by atoms with E-state index < -0.39 is 0 Å². The molecule has 1 heterocycles. The molecular weight excluding hydrogens is 180 g/mol. The summed E-state index contributed by atoms with van der Waals surface area (Å²) < 4.78 is 11.5. The zero-order chi connectivity index (χ0) is 10.0. The summed E-state index contributed by atoms with van der Waals surface area (Å²) >= 11 is 0. The summed E-state index contributed by atoms with van der Waals surface area (Å²) in [6.07, 6.45) is 3.51. The van der Waals surface area contributed by atoms with Crippen molar-refractivity contribution in [2.24, 2.45) is 5.92 Å².